The molecule has 9 nitrogen and oxygen atoms in total. The molecule has 0 spiro atoms. The summed E-state index contributed by atoms with van der Waals surface area (Å²) in [4.78, 5) is 31.9. The van der Waals surface area contributed by atoms with Crippen LogP contribution in [0.2, 0.25) is 0 Å². The van der Waals surface area contributed by atoms with Crippen molar-refractivity contribution >= 4 is 23.4 Å². The lowest BCUT2D eigenvalue weighted by Crippen LogP contribution is -2.61. The lowest BCUT2D eigenvalue weighted by Gasteiger charge is -2.46. The lowest BCUT2D eigenvalue weighted by atomic mass is 10.2. The van der Waals surface area contributed by atoms with Crippen LogP contribution in [0.25, 0.3) is 0 Å². The summed E-state index contributed by atoms with van der Waals surface area (Å²) in [6.45, 7) is 9.32. The van der Waals surface area contributed by atoms with Gasteiger partial charge in [-0.05, 0) is 25.1 Å². The van der Waals surface area contributed by atoms with E-state index in [2.05, 4.69) is 39.2 Å². The predicted octanol–water partition coefficient (Wildman–Crippen LogP) is -0.934. The molecular formula is C16H26N8OS. The van der Waals surface area contributed by atoms with E-state index in [9.17, 15) is 4.79 Å². The second-order valence-corrected chi connectivity index (χ2v) is 8.77. The van der Waals surface area contributed by atoms with Gasteiger partial charge >= 0.3 is 6.03 Å². The van der Waals surface area contributed by atoms with E-state index < -0.39 is 0 Å². The summed E-state index contributed by atoms with van der Waals surface area (Å²) >= 11 is 5.94. The van der Waals surface area contributed by atoms with Crippen LogP contribution < -0.4 is 0 Å². The number of hydrogen-bond acceptors (Lipinski definition) is 6. The summed E-state index contributed by atoms with van der Waals surface area (Å²) in [5.41, 5.74) is 0. The Labute approximate surface area is 159 Å². The Morgan fingerprint density at radius 1 is 0.615 bits per heavy atom. The van der Waals surface area contributed by atoms with Crippen LogP contribution in [0.1, 0.15) is 12.8 Å². The minimum Gasteiger partial charge on any atom is -0.311 e. The average molecular weight is 379 g/mol. The Kier molecular flexibility index (Phi) is 3.44. The molecule has 0 aromatic carbocycles. The third-order valence-corrected chi connectivity index (χ3v) is 7.10. The number of nitrogens with zero attached hydrogens (tertiary/aromatic N) is 8. The second-order valence-electron chi connectivity index (χ2n) is 8.40. The summed E-state index contributed by atoms with van der Waals surface area (Å²) in [7, 11) is 0. The Morgan fingerprint density at radius 2 is 1.00 bits per heavy atom. The maximum Gasteiger partial charge on any atom is 0.325 e. The van der Waals surface area contributed by atoms with Gasteiger partial charge in [0.1, 0.15) is 12.3 Å². The molecule has 6 heterocycles. The number of thiocarbonyl (C=S) groups is 1. The maximum atomic E-state index is 13.4. The van der Waals surface area contributed by atoms with Crippen LogP contribution in [0.3, 0.4) is 0 Å². The Bertz CT molecular complexity index is 550. The molecular weight excluding hydrogens is 352 g/mol. The van der Waals surface area contributed by atoms with Crippen LogP contribution in [0.4, 0.5) is 4.79 Å². The molecule has 6 aliphatic rings. The zero-order chi connectivity index (χ0) is 17.4. The molecule has 0 N–H and O–H groups in total. The van der Waals surface area contributed by atoms with Gasteiger partial charge in [-0.15, -0.1) is 0 Å². The van der Waals surface area contributed by atoms with Gasteiger partial charge in [-0.3, -0.25) is 29.4 Å². The monoisotopic (exact) mass is 378 g/mol. The van der Waals surface area contributed by atoms with E-state index in [1.807, 2.05) is 0 Å². The van der Waals surface area contributed by atoms with Crippen molar-refractivity contribution in [3.8, 4) is 0 Å². The van der Waals surface area contributed by atoms with Crippen LogP contribution in [0.15, 0.2) is 0 Å². The van der Waals surface area contributed by atoms with Crippen LogP contribution in [0.5, 0.6) is 0 Å². The zero-order valence-electron chi connectivity index (χ0n) is 15.0. The quantitative estimate of drug-likeness (QED) is 0.501. The molecule has 26 heavy (non-hydrogen) atoms. The minimum absolute atomic E-state index is 0.0413. The Balaban J connectivity index is 1.41. The molecule has 6 fully saturated rings. The van der Waals surface area contributed by atoms with Gasteiger partial charge in [0.25, 0.3) is 0 Å². The van der Waals surface area contributed by atoms with Gasteiger partial charge in [0.15, 0.2) is 5.11 Å². The van der Waals surface area contributed by atoms with E-state index in [-0.39, 0.29) is 18.4 Å². The fraction of sp³-hybridized carbons (Fsp3) is 0.875. The van der Waals surface area contributed by atoms with Gasteiger partial charge in [0.2, 0.25) is 0 Å². The van der Waals surface area contributed by atoms with Gasteiger partial charge in [-0.25, -0.2) is 4.79 Å². The minimum atomic E-state index is 0.0413. The number of amides is 2. The topological polar surface area (TPSA) is 43.0 Å². The first-order chi connectivity index (χ1) is 12.7. The van der Waals surface area contributed by atoms with Crippen LogP contribution >= 0.6 is 12.2 Å². The van der Waals surface area contributed by atoms with Crippen LogP contribution in [-0.4, -0.2) is 129 Å². The molecule has 0 aromatic rings. The third kappa shape index (κ3) is 2.16. The Morgan fingerprint density at radius 3 is 1.42 bits per heavy atom. The SMILES string of the molecule is O=C1N2CN3CCCN(C3)CN3C(=S)N4CN5CCCN(C5)CN1C4C23. The van der Waals surface area contributed by atoms with E-state index in [4.69, 9.17) is 12.2 Å². The molecule has 0 saturated carbocycles. The number of rotatable bonds is 0. The normalized spacial score (nSPS) is 44.5. The highest BCUT2D eigenvalue weighted by molar-refractivity contribution is 7.80. The van der Waals surface area contributed by atoms with Crippen LogP contribution in [-0.2, 0) is 0 Å². The van der Waals surface area contributed by atoms with Crippen molar-refractivity contribution in [1.82, 2.24) is 39.2 Å². The molecule has 10 heteroatoms. The van der Waals surface area contributed by atoms with Crippen molar-refractivity contribution < 1.29 is 4.79 Å². The molecule has 6 saturated heterocycles. The first kappa shape index (κ1) is 15.8. The number of carbonyl (C=O) groups is 1. The molecule has 6 unspecified atom stereocenters. The standard InChI is InChI=1S/C16H26N8OS/c25-15-21-9-17-3-1-5-19(7-17)11-23-13(21)14-22(15)10-18-4-2-6-20(8-18)12-24(14)16(23)26/h13-14H,1-12H2. The molecule has 0 radical (unpaired) electrons. The van der Waals surface area contributed by atoms with Crippen molar-refractivity contribution in [2.24, 2.45) is 0 Å². The predicted molar refractivity (Wildman–Crippen MR) is 98.2 cm³/mol. The highest BCUT2D eigenvalue weighted by Crippen LogP contribution is 2.38. The van der Waals surface area contributed by atoms with Gasteiger partial charge < -0.3 is 9.80 Å². The van der Waals surface area contributed by atoms with E-state index >= 15 is 0 Å². The summed E-state index contributed by atoms with van der Waals surface area (Å²) in [5, 5.41) is 0.917. The first-order valence-electron chi connectivity index (χ1n) is 9.73. The Hall–Kier alpha value is -1.20. The molecule has 0 aliphatic carbocycles. The van der Waals surface area contributed by atoms with E-state index in [0.717, 1.165) is 70.8 Å². The number of urea groups is 1. The van der Waals surface area contributed by atoms with Gasteiger partial charge in [0, 0.05) is 26.2 Å². The number of carbonyl (C=O) groups excluding carboxylic acids is 1. The molecule has 6 rings (SSSR count). The molecule has 4 bridgehead atoms. The smallest absolute Gasteiger partial charge is 0.311 e. The maximum absolute atomic E-state index is 13.4. The van der Waals surface area contributed by atoms with Crippen molar-refractivity contribution in [3.05, 3.63) is 0 Å². The second kappa shape index (κ2) is 5.65. The average Bonchev–Trinajstić information content (AvgIpc) is 3.02. The largest absolute Gasteiger partial charge is 0.325 e. The van der Waals surface area contributed by atoms with Crippen molar-refractivity contribution in [1.29, 1.82) is 0 Å². The number of hydrogen-bond donors (Lipinski definition) is 0. The fourth-order valence-corrected chi connectivity index (χ4v) is 5.88. The third-order valence-electron chi connectivity index (χ3n) is 6.63. The first-order valence-corrected chi connectivity index (χ1v) is 10.1. The van der Waals surface area contributed by atoms with Gasteiger partial charge in [0.05, 0.1) is 40.0 Å². The van der Waals surface area contributed by atoms with Gasteiger partial charge in [-0.2, -0.15) is 0 Å². The van der Waals surface area contributed by atoms with Crippen molar-refractivity contribution in [2.45, 2.75) is 25.2 Å². The molecule has 6 aliphatic heterocycles. The summed E-state index contributed by atoms with van der Waals surface area (Å²) in [5.74, 6) is 0. The van der Waals surface area contributed by atoms with Crippen molar-refractivity contribution in [2.75, 3.05) is 66.2 Å². The van der Waals surface area contributed by atoms with E-state index in [1.165, 1.54) is 0 Å². The highest BCUT2D eigenvalue weighted by atomic mass is 32.1. The molecule has 2 amide bonds. The van der Waals surface area contributed by atoms with Crippen molar-refractivity contribution in [3.63, 3.8) is 0 Å². The molecule has 6 atom stereocenters. The van der Waals surface area contributed by atoms with E-state index in [0.29, 0.717) is 13.3 Å². The molecule has 0 aromatic heterocycles. The van der Waals surface area contributed by atoms with Crippen LogP contribution in [0, 0.1) is 0 Å². The highest BCUT2D eigenvalue weighted by Gasteiger charge is 2.59. The number of fused-ring (bicyclic) bond motifs is 4. The van der Waals surface area contributed by atoms with E-state index in [1.54, 1.807) is 0 Å². The molecule has 142 valence electrons. The summed E-state index contributed by atoms with van der Waals surface area (Å²) in [6, 6.07) is 0.176. The van der Waals surface area contributed by atoms with Gasteiger partial charge in [-0.1, -0.05) is 0 Å². The summed E-state index contributed by atoms with van der Waals surface area (Å²) in [6.07, 6.45) is 2.40. The zero-order valence-corrected chi connectivity index (χ0v) is 15.9. The summed E-state index contributed by atoms with van der Waals surface area (Å²) < 4.78 is 0. The fourth-order valence-electron chi connectivity index (χ4n) is 5.55. The lowest BCUT2D eigenvalue weighted by molar-refractivity contribution is -0.0449.